The molecule has 2 atom stereocenters. The van der Waals surface area contributed by atoms with Crippen LogP contribution in [-0.2, 0) is 28.2 Å². The number of ketones is 1. The third kappa shape index (κ3) is 3.73. The summed E-state index contributed by atoms with van der Waals surface area (Å²) in [7, 11) is -3.65. The molecule has 0 fully saturated rings. The van der Waals surface area contributed by atoms with Gasteiger partial charge in [-0.25, -0.2) is 8.42 Å². The fourth-order valence-corrected chi connectivity index (χ4v) is 7.10. The number of hydrogen-bond donors (Lipinski definition) is 1. The van der Waals surface area contributed by atoms with E-state index in [1.54, 1.807) is 32.9 Å². The second kappa shape index (κ2) is 8.09. The van der Waals surface area contributed by atoms with Crippen molar-refractivity contribution < 1.29 is 17.9 Å². The Kier molecular flexibility index (Phi) is 5.81. The zero-order valence-corrected chi connectivity index (χ0v) is 20.8. The Hall–Kier alpha value is -2.45. The van der Waals surface area contributed by atoms with E-state index in [4.69, 9.17) is 27.1 Å². The summed E-state index contributed by atoms with van der Waals surface area (Å²) in [4.78, 5) is 22.0. The lowest BCUT2D eigenvalue weighted by molar-refractivity contribution is 0.0987. The number of pyridine rings is 1. The highest BCUT2D eigenvalue weighted by Crippen LogP contribution is 2.48. The van der Waals surface area contributed by atoms with Gasteiger partial charge in [-0.15, -0.1) is 0 Å². The van der Waals surface area contributed by atoms with Crippen LogP contribution in [0.2, 0.25) is 5.02 Å². The van der Waals surface area contributed by atoms with Gasteiger partial charge in [-0.2, -0.15) is 0 Å². The summed E-state index contributed by atoms with van der Waals surface area (Å²) >= 11 is 6.03. The first-order chi connectivity index (χ1) is 15.4. The van der Waals surface area contributed by atoms with Gasteiger partial charge >= 0.3 is 0 Å². The number of Topliss-reactive ketones (excluding diaryl/α,β-unsaturated/α-hetero) is 1. The van der Waals surface area contributed by atoms with E-state index >= 15 is 0 Å². The van der Waals surface area contributed by atoms with E-state index in [9.17, 15) is 13.2 Å². The normalized spacial score (nSPS) is 25.1. The van der Waals surface area contributed by atoms with Gasteiger partial charge in [-0.1, -0.05) is 24.6 Å². The highest BCUT2D eigenvalue weighted by atomic mass is 35.5. The number of nitrogens with two attached hydrogens (primary N) is 1. The number of carbonyl (C=O) groups is 1. The number of aromatic nitrogens is 1. The van der Waals surface area contributed by atoms with Gasteiger partial charge in [0, 0.05) is 24.6 Å². The Bertz CT molecular complexity index is 1270. The molecule has 4 rings (SSSR count). The Morgan fingerprint density at radius 1 is 1.27 bits per heavy atom. The molecule has 0 unspecified atom stereocenters. The minimum Gasteiger partial charge on any atom is -0.493 e. The van der Waals surface area contributed by atoms with Crippen LogP contribution in [0.1, 0.15) is 61.3 Å². The van der Waals surface area contributed by atoms with Crippen molar-refractivity contribution in [1.29, 1.82) is 0 Å². The molecule has 0 saturated heterocycles. The lowest BCUT2D eigenvalue weighted by atomic mass is 9.85. The van der Waals surface area contributed by atoms with Crippen molar-refractivity contribution in [3.05, 3.63) is 57.9 Å². The third-order valence-corrected chi connectivity index (χ3v) is 10.1. The zero-order chi connectivity index (χ0) is 24.2. The van der Waals surface area contributed by atoms with Crippen LogP contribution in [0, 0.1) is 0 Å². The van der Waals surface area contributed by atoms with Crippen LogP contribution in [0.3, 0.4) is 0 Å². The first-order valence-corrected chi connectivity index (χ1v) is 12.9. The quantitative estimate of drug-likeness (QED) is 0.656. The number of halogens is 1. The molecule has 0 spiro atoms. The van der Waals surface area contributed by atoms with Gasteiger partial charge < -0.3 is 10.5 Å². The fraction of sp³-hybridized carbons (Fsp3) is 0.458. The molecular formula is C24H28ClN3O4S. The number of nitrogens with zero attached hydrogens (tertiary/aromatic N) is 2. The summed E-state index contributed by atoms with van der Waals surface area (Å²) in [5.41, 5.74) is 7.59. The lowest BCUT2D eigenvalue weighted by Gasteiger charge is -2.43. The third-order valence-electron chi connectivity index (χ3n) is 6.85. The van der Waals surface area contributed by atoms with Crippen LogP contribution in [0.25, 0.3) is 0 Å². The van der Waals surface area contributed by atoms with Gasteiger partial charge in [-0.05, 0) is 56.5 Å². The van der Waals surface area contributed by atoms with Crippen molar-refractivity contribution >= 4 is 33.1 Å². The van der Waals surface area contributed by atoms with Gasteiger partial charge in [0.25, 0.3) is 0 Å². The van der Waals surface area contributed by atoms with Gasteiger partial charge in [0.05, 0.1) is 16.9 Å². The minimum absolute atomic E-state index is 0.0773. The number of carbonyl (C=O) groups excluding carboxylic acids is 1. The molecule has 0 amide bonds. The molecule has 7 nitrogen and oxygen atoms in total. The average molecular weight is 490 g/mol. The molecule has 1 aromatic heterocycles. The summed E-state index contributed by atoms with van der Waals surface area (Å²) in [6, 6.07) is 7.16. The molecule has 0 radical (unpaired) electrons. The summed E-state index contributed by atoms with van der Waals surface area (Å²) in [6.45, 7) is 7.16. The van der Waals surface area contributed by atoms with Crippen molar-refractivity contribution in [2.75, 3.05) is 6.61 Å². The number of aliphatic imine (C=N–C) groups is 1. The Labute approximate surface area is 199 Å². The maximum Gasteiger partial charge on any atom is 0.185 e. The molecule has 2 aliphatic rings. The van der Waals surface area contributed by atoms with E-state index in [2.05, 4.69) is 4.98 Å². The topological polar surface area (TPSA) is 112 Å². The number of sulfone groups is 1. The number of benzene rings is 1. The highest BCUT2D eigenvalue weighted by Gasteiger charge is 2.57. The molecule has 9 heteroatoms. The lowest BCUT2D eigenvalue weighted by Crippen LogP contribution is -2.59. The highest BCUT2D eigenvalue weighted by molar-refractivity contribution is 7.94. The fourth-order valence-electron chi connectivity index (χ4n) is 4.69. The molecule has 2 aliphatic heterocycles. The monoisotopic (exact) mass is 489 g/mol. The maximum absolute atomic E-state index is 13.5. The van der Waals surface area contributed by atoms with Crippen LogP contribution in [0.5, 0.6) is 5.75 Å². The van der Waals surface area contributed by atoms with E-state index in [0.29, 0.717) is 34.9 Å². The molecule has 33 heavy (non-hydrogen) atoms. The number of rotatable bonds is 4. The van der Waals surface area contributed by atoms with Crippen molar-refractivity contribution in [3.63, 3.8) is 0 Å². The van der Waals surface area contributed by atoms with Crippen molar-refractivity contribution in [3.8, 4) is 5.75 Å². The second-order valence-corrected chi connectivity index (χ2v) is 12.4. The van der Waals surface area contributed by atoms with Gasteiger partial charge in [0.1, 0.15) is 27.6 Å². The largest absolute Gasteiger partial charge is 0.493 e. The number of fused-ring (bicyclic) bond motifs is 3. The van der Waals surface area contributed by atoms with Gasteiger partial charge in [-0.3, -0.25) is 14.8 Å². The molecule has 2 aromatic rings. The molecule has 0 saturated carbocycles. The minimum atomic E-state index is -3.65. The Morgan fingerprint density at radius 3 is 2.70 bits per heavy atom. The van der Waals surface area contributed by atoms with E-state index in [1.807, 2.05) is 19.1 Å². The predicted molar refractivity (Wildman–Crippen MR) is 129 cm³/mol. The van der Waals surface area contributed by atoms with Gasteiger partial charge in [0.15, 0.2) is 15.6 Å². The van der Waals surface area contributed by atoms with Crippen LogP contribution >= 0.6 is 11.6 Å². The van der Waals surface area contributed by atoms with Crippen LogP contribution in [0.15, 0.2) is 35.5 Å². The summed E-state index contributed by atoms with van der Waals surface area (Å²) in [5.74, 6) is 0.496. The number of hydrogen-bond acceptors (Lipinski definition) is 7. The van der Waals surface area contributed by atoms with Crippen LogP contribution in [-0.4, -0.2) is 41.6 Å². The van der Waals surface area contributed by atoms with Crippen molar-refractivity contribution in [1.82, 2.24) is 4.98 Å². The summed E-state index contributed by atoms with van der Waals surface area (Å²) in [5, 5.41) is -0.300. The summed E-state index contributed by atoms with van der Waals surface area (Å²) in [6.07, 6.45) is 2.51. The zero-order valence-electron chi connectivity index (χ0n) is 19.2. The maximum atomic E-state index is 13.5. The Balaban J connectivity index is 1.78. The van der Waals surface area contributed by atoms with Crippen molar-refractivity contribution in [2.45, 2.75) is 62.5 Å². The molecule has 0 bridgehead atoms. The summed E-state index contributed by atoms with van der Waals surface area (Å²) < 4.78 is 31.7. The number of amidine groups is 1. The first kappa shape index (κ1) is 23.7. The molecule has 176 valence electrons. The molecule has 0 aliphatic carbocycles. The van der Waals surface area contributed by atoms with Crippen LogP contribution < -0.4 is 10.5 Å². The number of ether oxygens (including phenoxy) is 1. The molecule has 3 heterocycles. The molecule has 1 aromatic carbocycles. The second-order valence-electron chi connectivity index (χ2n) is 9.27. The SMILES string of the molecule is CCc1cc(Cl)cnc1C(=O)Cc1ccc2c(c1)[C@@]1(C)N=C(N)C(C)(C)S(=O)(=O)[C@@H]1CCO2. The van der Waals surface area contributed by atoms with E-state index in [-0.39, 0.29) is 24.6 Å². The average Bonchev–Trinajstić information content (AvgIpc) is 2.89. The number of aryl methyl sites for hydroxylation is 1. The van der Waals surface area contributed by atoms with E-state index in [0.717, 1.165) is 11.1 Å². The van der Waals surface area contributed by atoms with Crippen LogP contribution in [0.4, 0.5) is 0 Å². The van der Waals surface area contributed by atoms with Gasteiger partial charge in [0.2, 0.25) is 0 Å². The standard InChI is InChI=1S/C24H28ClN3O4S/c1-5-15-12-16(25)13-27-21(15)18(29)11-14-6-7-19-17(10-14)24(4)20(8-9-32-19)33(30,31)23(2,3)22(26)28-24/h6-7,10,12-13,20H,5,8-9,11H2,1-4H3,(H2,26,28)/t20-,24-/m1/s1. The van der Waals surface area contributed by atoms with Crippen molar-refractivity contribution in [2.24, 2.45) is 10.7 Å². The predicted octanol–water partition coefficient (Wildman–Crippen LogP) is 3.65. The van der Waals surface area contributed by atoms with E-state index < -0.39 is 25.4 Å². The first-order valence-electron chi connectivity index (χ1n) is 10.9. The smallest absolute Gasteiger partial charge is 0.185 e. The van der Waals surface area contributed by atoms with E-state index in [1.165, 1.54) is 6.20 Å². The molecule has 2 N–H and O–H groups in total. The molecular weight excluding hydrogens is 462 g/mol. The Morgan fingerprint density at radius 2 is 2.00 bits per heavy atom.